The number of carbonyl (C=O) groups excluding carboxylic acids is 1. The molecule has 20 heavy (non-hydrogen) atoms. The molecule has 0 saturated carbocycles. The number of benzene rings is 1. The number of amides is 1. The Labute approximate surface area is 121 Å². The summed E-state index contributed by atoms with van der Waals surface area (Å²) in [5.41, 5.74) is 2.50. The van der Waals surface area contributed by atoms with Crippen LogP contribution in [0, 0.1) is 0 Å². The van der Waals surface area contributed by atoms with Crippen LogP contribution in [0.3, 0.4) is 0 Å². The summed E-state index contributed by atoms with van der Waals surface area (Å²) in [6.45, 7) is 10.6. The van der Waals surface area contributed by atoms with Gasteiger partial charge in [-0.25, -0.2) is 0 Å². The Bertz CT molecular complexity index is 453. The molecule has 1 amide bonds. The second-order valence-corrected chi connectivity index (χ2v) is 5.61. The Kier molecular flexibility index (Phi) is 5.01. The first kappa shape index (κ1) is 14.9. The second-order valence-electron chi connectivity index (χ2n) is 5.61. The second kappa shape index (κ2) is 6.75. The zero-order chi connectivity index (χ0) is 14.5. The minimum absolute atomic E-state index is 0.134. The van der Waals surface area contributed by atoms with E-state index in [1.54, 1.807) is 6.92 Å². The van der Waals surface area contributed by atoms with Crippen molar-refractivity contribution < 1.29 is 4.79 Å². The molecule has 0 bridgehead atoms. The van der Waals surface area contributed by atoms with Crippen molar-refractivity contribution in [2.24, 2.45) is 0 Å². The predicted molar refractivity (Wildman–Crippen MR) is 82.9 cm³/mol. The number of hydrogen-bond donors (Lipinski definition) is 1. The van der Waals surface area contributed by atoms with Gasteiger partial charge in [-0.05, 0) is 25.5 Å². The van der Waals surface area contributed by atoms with Crippen LogP contribution in [0.1, 0.15) is 26.3 Å². The van der Waals surface area contributed by atoms with Crippen molar-refractivity contribution in [3.05, 3.63) is 29.8 Å². The summed E-state index contributed by atoms with van der Waals surface area (Å²) < 4.78 is 0. The van der Waals surface area contributed by atoms with E-state index in [-0.39, 0.29) is 11.9 Å². The molecule has 0 unspecified atom stereocenters. The number of para-hydroxylation sites is 1. The van der Waals surface area contributed by atoms with Gasteiger partial charge in [0.25, 0.3) is 0 Å². The number of rotatable bonds is 4. The Hall–Kier alpha value is -1.55. The van der Waals surface area contributed by atoms with Gasteiger partial charge < -0.3 is 15.1 Å². The van der Waals surface area contributed by atoms with E-state index >= 15 is 0 Å². The number of carbonyl (C=O) groups is 1. The van der Waals surface area contributed by atoms with Crippen LogP contribution in [-0.4, -0.2) is 43.0 Å². The lowest BCUT2D eigenvalue weighted by atomic mass is 10.1. The number of piperazine rings is 1. The van der Waals surface area contributed by atoms with Crippen LogP contribution in [0.15, 0.2) is 24.3 Å². The van der Waals surface area contributed by atoms with Gasteiger partial charge in [0, 0.05) is 51.4 Å². The smallest absolute Gasteiger partial charge is 0.219 e. The number of anilines is 1. The lowest BCUT2D eigenvalue weighted by Crippen LogP contribution is -2.44. The molecule has 0 spiro atoms. The van der Waals surface area contributed by atoms with Gasteiger partial charge in [-0.1, -0.05) is 18.2 Å². The summed E-state index contributed by atoms with van der Waals surface area (Å²) in [7, 11) is 0. The molecule has 0 aliphatic carbocycles. The zero-order valence-electron chi connectivity index (χ0n) is 12.7. The molecule has 2 rings (SSSR count). The molecule has 1 heterocycles. The van der Waals surface area contributed by atoms with E-state index in [1.165, 1.54) is 11.3 Å². The SMILES string of the molecule is CC(=O)N(Cc1ccccc1N1CCNCC1)C(C)C. The molecule has 0 radical (unpaired) electrons. The van der Waals surface area contributed by atoms with Gasteiger partial charge in [0.1, 0.15) is 0 Å². The Balaban J connectivity index is 2.20. The fourth-order valence-corrected chi connectivity index (χ4v) is 2.70. The van der Waals surface area contributed by atoms with Gasteiger partial charge in [0.05, 0.1) is 0 Å². The topological polar surface area (TPSA) is 35.6 Å². The highest BCUT2D eigenvalue weighted by molar-refractivity contribution is 5.74. The molecule has 0 aromatic heterocycles. The third-order valence-corrected chi connectivity index (χ3v) is 3.82. The van der Waals surface area contributed by atoms with Crippen LogP contribution >= 0.6 is 0 Å². The zero-order valence-corrected chi connectivity index (χ0v) is 12.7. The van der Waals surface area contributed by atoms with E-state index in [0.717, 1.165) is 26.2 Å². The maximum Gasteiger partial charge on any atom is 0.219 e. The lowest BCUT2D eigenvalue weighted by Gasteiger charge is -2.33. The van der Waals surface area contributed by atoms with Crippen molar-refractivity contribution in [1.82, 2.24) is 10.2 Å². The van der Waals surface area contributed by atoms with Crippen LogP contribution in [0.2, 0.25) is 0 Å². The molecule has 1 fully saturated rings. The number of nitrogens with zero attached hydrogens (tertiary/aromatic N) is 2. The minimum Gasteiger partial charge on any atom is -0.369 e. The Morgan fingerprint density at radius 2 is 1.95 bits per heavy atom. The predicted octanol–water partition coefficient (Wildman–Crippen LogP) is 1.85. The third-order valence-electron chi connectivity index (χ3n) is 3.82. The van der Waals surface area contributed by atoms with Gasteiger partial charge in [-0.2, -0.15) is 0 Å². The van der Waals surface area contributed by atoms with Gasteiger partial charge in [-0.15, -0.1) is 0 Å². The van der Waals surface area contributed by atoms with E-state index in [4.69, 9.17) is 0 Å². The Morgan fingerprint density at radius 1 is 1.30 bits per heavy atom. The highest BCUT2D eigenvalue weighted by Crippen LogP contribution is 2.23. The van der Waals surface area contributed by atoms with E-state index in [0.29, 0.717) is 6.54 Å². The Morgan fingerprint density at radius 3 is 2.55 bits per heavy atom. The van der Waals surface area contributed by atoms with Crippen LogP contribution in [0.4, 0.5) is 5.69 Å². The summed E-state index contributed by atoms with van der Waals surface area (Å²) in [5, 5.41) is 3.37. The van der Waals surface area contributed by atoms with Crippen LogP contribution < -0.4 is 10.2 Å². The fourth-order valence-electron chi connectivity index (χ4n) is 2.70. The molecule has 110 valence electrons. The quantitative estimate of drug-likeness (QED) is 0.911. The maximum absolute atomic E-state index is 11.8. The molecular formula is C16H25N3O. The van der Waals surface area contributed by atoms with Gasteiger partial charge in [-0.3, -0.25) is 4.79 Å². The molecule has 1 N–H and O–H groups in total. The molecule has 1 saturated heterocycles. The standard InChI is InChI=1S/C16H25N3O/c1-13(2)19(14(3)20)12-15-6-4-5-7-16(15)18-10-8-17-9-11-18/h4-7,13,17H,8-12H2,1-3H3. The van der Waals surface area contributed by atoms with Gasteiger partial charge >= 0.3 is 0 Å². The number of nitrogens with one attached hydrogen (secondary N) is 1. The van der Waals surface area contributed by atoms with E-state index in [2.05, 4.69) is 48.3 Å². The molecule has 1 aromatic carbocycles. The summed E-state index contributed by atoms with van der Waals surface area (Å²) in [6.07, 6.45) is 0. The van der Waals surface area contributed by atoms with Crippen LogP contribution in [0.5, 0.6) is 0 Å². The molecule has 1 aromatic rings. The molecule has 4 nitrogen and oxygen atoms in total. The molecule has 4 heteroatoms. The van der Waals surface area contributed by atoms with Crippen molar-refractivity contribution in [3.8, 4) is 0 Å². The van der Waals surface area contributed by atoms with Crippen molar-refractivity contribution in [2.75, 3.05) is 31.1 Å². The third kappa shape index (κ3) is 3.51. The molecule has 1 aliphatic rings. The van der Waals surface area contributed by atoms with E-state index in [9.17, 15) is 4.79 Å². The first-order valence-electron chi connectivity index (χ1n) is 7.40. The van der Waals surface area contributed by atoms with Crippen LogP contribution in [-0.2, 0) is 11.3 Å². The summed E-state index contributed by atoms with van der Waals surface area (Å²) in [6, 6.07) is 8.66. The minimum atomic E-state index is 0.134. The molecule has 1 aliphatic heterocycles. The van der Waals surface area contributed by atoms with Crippen molar-refractivity contribution >= 4 is 11.6 Å². The maximum atomic E-state index is 11.8. The molecular weight excluding hydrogens is 250 g/mol. The monoisotopic (exact) mass is 275 g/mol. The summed E-state index contributed by atoms with van der Waals surface area (Å²) in [4.78, 5) is 16.1. The van der Waals surface area contributed by atoms with Crippen molar-refractivity contribution in [3.63, 3.8) is 0 Å². The van der Waals surface area contributed by atoms with Crippen molar-refractivity contribution in [1.29, 1.82) is 0 Å². The summed E-state index contributed by atoms with van der Waals surface area (Å²) >= 11 is 0. The van der Waals surface area contributed by atoms with Crippen LogP contribution in [0.25, 0.3) is 0 Å². The first-order chi connectivity index (χ1) is 9.59. The average molecular weight is 275 g/mol. The lowest BCUT2D eigenvalue weighted by molar-refractivity contribution is -0.131. The summed E-state index contributed by atoms with van der Waals surface area (Å²) in [5.74, 6) is 0.134. The normalized spacial score (nSPS) is 15.5. The highest BCUT2D eigenvalue weighted by atomic mass is 16.2. The first-order valence-corrected chi connectivity index (χ1v) is 7.40. The van der Waals surface area contributed by atoms with Gasteiger partial charge in [0.2, 0.25) is 5.91 Å². The highest BCUT2D eigenvalue weighted by Gasteiger charge is 2.18. The number of hydrogen-bond acceptors (Lipinski definition) is 3. The fraction of sp³-hybridized carbons (Fsp3) is 0.562. The van der Waals surface area contributed by atoms with Crippen molar-refractivity contribution in [2.45, 2.75) is 33.4 Å². The van der Waals surface area contributed by atoms with Gasteiger partial charge in [0.15, 0.2) is 0 Å². The largest absolute Gasteiger partial charge is 0.369 e. The molecule has 0 atom stereocenters. The van der Waals surface area contributed by atoms with E-state index in [1.807, 2.05) is 4.90 Å². The average Bonchev–Trinajstić information content (AvgIpc) is 2.45. The van der Waals surface area contributed by atoms with E-state index < -0.39 is 0 Å².